The molecule has 1 atom stereocenters. The molecule has 0 N–H and O–H groups in total. The molecule has 3 aromatic rings. The number of nitrogens with zero attached hydrogens (tertiary/aromatic N) is 3. The van der Waals surface area contributed by atoms with Gasteiger partial charge in [0.25, 0.3) is 5.91 Å². The molecule has 5 heteroatoms. The number of hydrogen-bond donors (Lipinski definition) is 0. The number of pyridine rings is 1. The van der Waals surface area contributed by atoms with Crippen LogP contribution in [0.2, 0.25) is 0 Å². The second-order valence-corrected chi connectivity index (χ2v) is 7.72. The fourth-order valence-electron chi connectivity index (χ4n) is 3.02. The molecule has 1 unspecified atom stereocenters. The summed E-state index contributed by atoms with van der Waals surface area (Å²) in [6.07, 6.45) is 4.74. The summed E-state index contributed by atoms with van der Waals surface area (Å²) in [4.78, 5) is 20.7. The van der Waals surface area contributed by atoms with Crippen LogP contribution in [0.4, 0.5) is 5.69 Å². The Kier molecular flexibility index (Phi) is 3.81. The summed E-state index contributed by atoms with van der Waals surface area (Å²) in [5.41, 5.74) is 3.43. The summed E-state index contributed by atoms with van der Waals surface area (Å²) >= 11 is 1.84. The number of anilines is 1. The van der Waals surface area contributed by atoms with Crippen LogP contribution in [0.25, 0.3) is 5.65 Å². The first-order valence-electron chi connectivity index (χ1n) is 8.15. The van der Waals surface area contributed by atoms with Crippen LogP contribution < -0.4 is 4.90 Å². The van der Waals surface area contributed by atoms with E-state index in [1.807, 2.05) is 70.7 Å². The van der Waals surface area contributed by atoms with Crippen molar-refractivity contribution in [1.82, 2.24) is 9.38 Å². The van der Waals surface area contributed by atoms with Gasteiger partial charge in [0, 0.05) is 29.1 Å². The quantitative estimate of drug-likeness (QED) is 0.669. The lowest BCUT2D eigenvalue weighted by Crippen LogP contribution is -2.32. The van der Waals surface area contributed by atoms with Gasteiger partial charge in [-0.1, -0.05) is 19.1 Å². The SMILES string of the molecule is Cc1ccn2cc(C(=O)N3CCC(C)Sc4ccccc43)nc2c1. The predicted molar refractivity (Wildman–Crippen MR) is 98.0 cm³/mol. The highest BCUT2D eigenvalue weighted by atomic mass is 32.2. The molecule has 0 bridgehead atoms. The van der Waals surface area contributed by atoms with Crippen LogP contribution in [-0.2, 0) is 0 Å². The zero-order chi connectivity index (χ0) is 16.7. The highest BCUT2D eigenvalue weighted by molar-refractivity contribution is 8.00. The second-order valence-electron chi connectivity index (χ2n) is 6.24. The Balaban J connectivity index is 1.75. The molecular formula is C19H19N3OS. The van der Waals surface area contributed by atoms with Crippen LogP contribution in [0.15, 0.2) is 53.7 Å². The smallest absolute Gasteiger partial charge is 0.278 e. The van der Waals surface area contributed by atoms with Gasteiger partial charge in [-0.15, -0.1) is 11.8 Å². The van der Waals surface area contributed by atoms with E-state index in [-0.39, 0.29) is 5.91 Å². The Morgan fingerprint density at radius 2 is 2.12 bits per heavy atom. The van der Waals surface area contributed by atoms with Crippen molar-refractivity contribution in [2.75, 3.05) is 11.4 Å². The number of para-hydroxylation sites is 1. The molecule has 1 aromatic carbocycles. The van der Waals surface area contributed by atoms with Gasteiger partial charge in [0.1, 0.15) is 11.3 Å². The van der Waals surface area contributed by atoms with Gasteiger partial charge in [0.15, 0.2) is 0 Å². The molecule has 1 amide bonds. The number of aromatic nitrogens is 2. The molecule has 4 rings (SSSR count). The van der Waals surface area contributed by atoms with E-state index in [0.29, 0.717) is 10.9 Å². The summed E-state index contributed by atoms with van der Waals surface area (Å²) in [6, 6.07) is 12.1. The first-order chi connectivity index (χ1) is 11.6. The summed E-state index contributed by atoms with van der Waals surface area (Å²) in [5.74, 6) is -0.0292. The van der Waals surface area contributed by atoms with E-state index in [1.54, 1.807) is 0 Å². The van der Waals surface area contributed by atoms with E-state index in [1.165, 1.54) is 0 Å². The van der Waals surface area contributed by atoms with Crippen LogP contribution in [0.3, 0.4) is 0 Å². The number of rotatable bonds is 1. The lowest BCUT2D eigenvalue weighted by molar-refractivity contribution is 0.0982. The molecule has 3 heterocycles. The molecule has 0 saturated heterocycles. The first-order valence-corrected chi connectivity index (χ1v) is 9.03. The van der Waals surface area contributed by atoms with Gasteiger partial charge >= 0.3 is 0 Å². The molecule has 122 valence electrons. The van der Waals surface area contributed by atoms with Crippen molar-refractivity contribution in [2.24, 2.45) is 0 Å². The van der Waals surface area contributed by atoms with E-state index in [4.69, 9.17) is 0 Å². The van der Waals surface area contributed by atoms with Gasteiger partial charge in [-0.3, -0.25) is 4.79 Å². The van der Waals surface area contributed by atoms with Gasteiger partial charge in [-0.2, -0.15) is 0 Å². The van der Waals surface area contributed by atoms with Gasteiger partial charge in [0.2, 0.25) is 0 Å². The van der Waals surface area contributed by atoms with Crippen molar-refractivity contribution in [2.45, 2.75) is 30.4 Å². The molecule has 24 heavy (non-hydrogen) atoms. The molecule has 1 aliphatic rings. The zero-order valence-corrected chi connectivity index (χ0v) is 14.6. The highest BCUT2D eigenvalue weighted by Gasteiger charge is 2.26. The van der Waals surface area contributed by atoms with Crippen molar-refractivity contribution in [3.63, 3.8) is 0 Å². The largest absolute Gasteiger partial charge is 0.306 e. The lowest BCUT2D eigenvalue weighted by atomic mass is 10.2. The third-order valence-corrected chi connectivity index (χ3v) is 5.56. The number of benzene rings is 1. The second kappa shape index (κ2) is 5.98. The average Bonchev–Trinajstić information content (AvgIpc) is 2.91. The minimum absolute atomic E-state index is 0.0292. The van der Waals surface area contributed by atoms with E-state index in [2.05, 4.69) is 18.0 Å². The van der Waals surface area contributed by atoms with E-state index in [0.717, 1.165) is 34.8 Å². The fourth-order valence-corrected chi connectivity index (χ4v) is 4.14. The molecule has 2 aromatic heterocycles. The van der Waals surface area contributed by atoms with Crippen molar-refractivity contribution in [3.8, 4) is 0 Å². The molecule has 0 saturated carbocycles. The molecule has 4 nitrogen and oxygen atoms in total. The van der Waals surface area contributed by atoms with Crippen LogP contribution in [0.5, 0.6) is 0 Å². The van der Waals surface area contributed by atoms with Gasteiger partial charge < -0.3 is 9.30 Å². The normalized spacial score (nSPS) is 17.6. The third-order valence-electron chi connectivity index (χ3n) is 4.32. The molecule has 0 aliphatic carbocycles. The number of aryl methyl sites for hydroxylation is 1. The molecule has 1 aliphatic heterocycles. The van der Waals surface area contributed by atoms with Crippen molar-refractivity contribution >= 4 is 29.0 Å². The molecule has 0 spiro atoms. The Hall–Kier alpha value is -2.27. The standard InChI is InChI=1S/C19H19N3OS/c1-13-7-9-21-12-15(20-18(21)11-13)19(23)22-10-8-14(2)24-17-6-4-3-5-16(17)22/h3-7,9,11-12,14H,8,10H2,1-2H3. The van der Waals surface area contributed by atoms with Gasteiger partial charge in [-0.05, 0) is 43.2 Å². The predicted octanol–water partition coefficient (Wildman–Crippen LogP) is 4.17. The monoisotopic (exact) mass is 337 g/mol. The number of hydrogen-bond acceptors (Lipinski definition) is 3. The Labute approximate surface area is 145 Å². The summed E-state index contributed by atoms with van der Waals surface area (Å²) in [6.45, 7) is 4.96. The van der Waals surface area contributed by atoms with Crippen LogP contribution >= 0.6 is 11.8 Å². The van der Waals surface area contributed by atoms with Crippen LogP contribution in [0.1, 0.15) is 29.4 Å². The summed E-state index contributed by atoms with van der Waals surface area (Å²) in [7, 11) is 0. The fraction of sp³-hybridized carbons (Fsp3) is 0.263. The summed E-state index contributed by atoms with van der Waals surface area (Å²) in [5, 5.41) is 0.493. The van der Waals surface area contributed by atoms with Crippen molar-refractivity contribution in [1.29, 1.82) is 0 Å². The lowest BCUT2D eigenvalue weighted by Gasteiger charge is -2.21. The van der Waals surface area contributed by atoms with Gasteiger partial charge in [0.05, 0.1) is 5.69 Å². The maximum Gasteiger partial charge on any atom is 0.278 e. The van der Waals surface area contributed by atoms with E-state index >= 15 is 0 Å². The number of amides is 1. The van der Waals surface area contributed by atoms with Crippen molar-refractivity contribution in [3.05, 3.63) is 60.0 Å². The van der Waals surface area contributed by atoms with Crippen LogP contribution in [-0.4, -0.2) is 27.1 Å². The van der Waals surface area contributed by atoms with Crippen molar-refractivity contribution < 1.29 is 4.79 Å². The number of fused-ring (bicyclic) bond motifs is 2. The number of thioether (sulfide) groups is 1. The Bertz CT molecular complexity index is 918. The van der Waals surface area contributed by atoms with E-state index < -0.39 is 0 Å². The average molecular weight is 337 g/mol. The Morgan fingerprint density at radius 1 is 1.29 bits per heavy atom. The molecule has 0 fully saturated rings. The third kappa shape index (κ3) is 2.69. The topological polar surface area (TPSA) is 37.6 Å². The summed E-state index contributed by atoms with van der Waals surface area (Å²) < 4.78 is 1.90. The molecular weight excluding hydrogens is 318 g/mol. The van der Waals surface area contributed by atoms with E-state index in [9.17, 15) is 4.79 Å². The zero-order valence-electron chi connectivity index (χ0n) is 13.8. The molecule has 0 radical (unpaired) electrons. The number of carbonyl (C=O) groups is 1. The van der Waals surface area contributed by atoms with Gasteiger partial charge in [-0.25, -0.2) is 4.98 Å². The van der Waals surface area contributed by atoms with Crippen LogP contribution in [0, 0.1) is 6.92 Å². The minimum Gasteiger partial charge on any atom is -0.306 e. The first kappa shape index (κ1) is 15.3. The maximum absolute atomic E-state index is 13.1. The minimum atomic E-state index is -0.0292. The Morgan fingerprint density at radius 3 is 3.00 bits per heavy atom. The number of carbonyl (C=O) groups excluding carboxylic acids is 1. The number of imidazole rings is 1. The highest BCUT2D eigenvalue weighted by Crippen LogP contribution is 2.37. The maximum atomic E-state index is 13.1.